The number of benzene rings is 3. The normalized spacial score (nSPS) is 13.8. The topological polar surface area (TPSA) is 94.8 Å². The molecular formula is C19H12Cl4O5S. The molecule has 0 bridgehead atoms. The Morgan fingerprint density at radius 2 is 1.34 bits per heavy atom. The van der Waals surface area contributed by atoms with Crippen LogP contribution in [0.1, 0.15) is 16.7 Å². The molecule has 0 spiro atoms. The first kappa shape index (κ1) is 22.0. The van der Waals surface area contributed by atoms with Crippen LogP contribution in [0.5, 0.6) is 11.5 Å². The number of hydrogen-bond donors (Lipinski definition) is 3. The Hall–Kier alpha value is -1.67. The van der Waals surface area contributed by atoms with Crippen LogP contribution in [0.25, 0.3) is 0 Å². The average Bonchev–Trinajstić information content (AvgIpc) is 2.65. The number of halogens is 4. The van der Waals surface area contributed by atoms with Gasteiger partial charge in [0, 0.05) is 16.1 Å². The molecule has 3 aromatic carbocycles. The first-order valence-corrected chi connectivity index (χ1v) is 10.9. The van der Waals surface area contributed by atoms with E-state index in [1.807, 2.05) is 0 Å². The van der Waals surface area contributed by atoms with Gasteiger partial charge < -0.3 is 10.2 Å². The molecule has 0 aliphatic rings. The van der Waals surface area contributed by atoms with Crippen molar-refractivity contribution in [1.82, 2.24) is 0 Å². The van der Waals surface area contributed by atoms with Gasteiger partial charge in [0.05, 0.1) is 15.1 Å². The molecule has 1 atom stereocenters. The highest BCUT2D eigenvalue weighted by atomic mass is 35.5. The minimum absolute atomic E-state index is 0.0144. The molecule has 29 heavy (non-hydrogen) atoms. The second kappa shape index (κ2) is 7.87. The van der Waals surface area contributed by atoms with E-state index in [0.29, 0.717) is 5.02 Å². The molecule has 152 valence electrons. The fourth-order valence-electron chi connectivity index (χ4n) is 3.17. The summed E-state index contributed by atoms with van der Waals surface area (Å²) in [5.74, 6) is -0.996. The van der Waals surface area contributed by atoms with Gasteiger partial charge in [-0.1, -0.05) is 76.7 Å². The largest absolute Gasteiger partial charge is 0.506 e. The van der Waals surface area contributed by atoms with E-state index in [0.717, 1.165) is 0 Å². The second-order valence-electron chi connectivity index (χ2n) is 6.06. The zero-order chi connectivity index (χ0) is 21.6. The van der Waals surface area contributed by atoms with Crippen molar-refractivity contribution < 1.29 is 23.2 Å². The smallest absolute Gasteiger partial charge is 0.283 e. The number of aromatic hydroxyl groups is 2. The molecule has 0 saturated carbocycles. The van der Waals surface area contributed by atoms with E-state index in [9.17, 15) is 23.2 Å². The fraction of sp³-hybridized carbons (Fsp3) is 0.0526. The molecule has 0 aromatic heterocycles. The molecule has 0 aliphatic heterocycles. The highest BCUT2D eigenvalue weighted by Crippen LogP contribution is 2.52. The summed E-state index contributed by atoms with van der Waals surface area (Å²) in [4.78, 5) is 0. The third-order valence-corrected chi connectivity index (χ3v) is 7.23. The summed E-state index contributed by atoms with van der Waals surface area (Å²) in [5.41, 5.74) is -0.397. The first-order valence-electron chi connectivity index (χ1n) is 7.90. The van der Waals surface area contributed by atoms with E-state index in [-0.39, 0.29) is 26.7 Å². The Kier molecular flexibility index (Phi) is 5.98. The highest BCUT2D eigenvalue weighted by molar-refractivity contribution is 7.87. The summed E-state index contributed by atoms with van der Waals surface area (Å²) in [6.45, 7) is 0. The number of phenols is 2. The van der Waals surface area contributed by atoms with Crippen LogP contribution >= 0.6 is 46.4 Å². The quantitative estimate of drug-likeness (QED) is 0.311. The SMILES string of the molecule is O=S(=O)(O)C(c1ccc(Cl)cc1)(c1cccc(O)c1Cl)c1ccc(Cl)c(O)c1Cl. The molecule has 0 heterocycles. The predicted octanol–water partition coefficient (Wildman–Crippen LogP) is 5.89. The van der Waals surface area contributed by atoms with Gasteiger partial charge in [-0.15, -0.1) is 0 Å². The van der Waals surface area contributed by atoms with E-state index < -0.39 is 31.4 Å². The summed E-state index contributed by atoms with van der Waals surface area (Å²) >= 11 is 24.4. The van der Waals surface area contributed by atoms with Crippen molar-refractivity contribution in [3.63, 3.8) is 0 Å². The van der Waals surface area contributed by atoms with Gasteiger partial charge >= 0.3 is 0 Å². The second-order valence-corrected chi connectivity index (χ2v) is 9.22. The van der Waals surface area contributed by atoms with Gasteiger partial charge in [0.25, 0.3) is 10.1 Å². The molecule has 1 unspecified atom stereocenters. The Morgan fingerprint density at radius 1 is 0.759 bits per heavy atom. The monoisotopic (exact) mass is 492 g/mol. The van der Waals surface area contributed by atoms with Gasteiger partial charge in [-0.3, -0.25) is 4.55 Å². The fourth-order valence-corrected chi connectivity index (χ4v) is 5.52. The van der Waals surface area contributed by atoms with Gasteiger partial charge in [-0.05, 0) is 29.8 Å². The molecular weight excluding hydrogens is 482 g/mol. The van der Waals surface area contributed by atoms with Crippen LogP contribution in [0, 0.1) is 0 Å². The van der Waals surface area contributed by atoms with Crippen molar-refractivity contribution >= 4 is 56.5 Å². The van der Waals surface area contributed by atoms with Gasteiger partial charge in [0.2, 0.25) is 0 Å². The summed E-state index contributed by atoms with van der Waals surface area (Å²) < 4.78 is 34.0. The molecule has 0 radical (unpaired) electrons. The van der Waals surface area contributed by atoms with Crippen molar-refractivity contribution in [2.45, 2.75) is 4.75 Å². The molecule has 0 aliphatic carbocycles. The van der Waals surface area contributed by atoms with E-state index in [1.165, 1.54) is 54.6 Å². The summed E-state index contributed by atoms with van der Waals surface area (Å²) in [6.07, 6.45) is 0. The molecule has 3 N–H and O–H groups in total. The van der Waals surface area contributed by atoms with Crippen LogP contribution in [0.2, 0.25) is 20.1 Å². The highest BCUT2D eigenvalue weighted by Gasteiger charge is 2.51. The van der Waals surface area contributed by atoms with Crippen molar-refractivity contribution in [3.8, 4) is 11.5 Å². The lowest BCUT2D eigenvalue weighted by Gasteiger charge is -2.34. The van der Waals surface area contributed by atoms with Gasteiger partial charge in [-0.2, -0.15) is 8.42 Å². The average molecular weight is 494 g/mol. The van der Waals surface area contributed by atoms with Crippen LogP contribution in [-0.4, -0.2) is 23.2 Å². The van der Waals surface area contributed by atoms with E-state index >= 15 is 0 Å². The lowest BCUT2D eigenvalue weighted by atomic mass is 9.83. The summed E-state index contributed by atoms with van der Waals surface area (Å²) in [5, 5.41) is 19.8. The summed E-state index contributed by atoms with van der Waals surface area (Å²) in [7, 11) is -5.07. The predicted molar refractivity (Wildman–Crippen MR) is 114 cm³/mol. The zero-order valence-electron chi connectivity index (χ0n) is 14.3. The van der Waals surface area contributed by atoms with E-state index in [1.54, 1.807) is 0 Å². The van der Waals surface area contributed by atoms with Crippen molar-refractivity contribution in [2.75, 3.05) is 0 Å². The summed E-state index contributed by atoms with van der Waals surface area (Å²) in [6, 6.07) is 11.9. The number of phenolic OH excluding ortho intramolecular Hbond substituents is 2. The van der Waals surface area contributed by atoms with E-state index in [2.05, 4.69) is 0 Å². The third kappa shape index (κ3) is 3.54. The van der Waals surface area contributed by atoms with Crippen LogP contribution < -0.4 is 0 Å². The van der Waals surface area contributed by atoms with E-state index in [4.69, 9.17) is 46.4 Å². The lowest BCUT2D eigenvalue weighted by molar-refractivity contribution is 0.455. The minimum Gasteiger partial charge on any atom is -0.506 e. The standard InChI is InChI=1S/C19H12Cl4O5S/c20-11-6-4-10(5-7-11)19(29(26,27)28,12-2-1-3-15(24)16(12)22)13-8-9-14(21)18(25)17(13)23/h1-9,24-25H,(H,26,27,28). The first-order chi connectivity index (χ1) is 13.5. The Bertz CT molecular complexity index is 1200. The Balaban J connectivity index is 2.61. The van der Waals surface area contributed by atoms with Crippen molar-refractivity contribution in [3.05, 3.63) is 91.4 Å². The molecule has 0 amide bonds. The number of hydrogen-bond acceptors (Lipinski definition) is 4. The Morgan fingerprint density at radius 3 is 1.93 bits per heavy atom. The number of rotatable bonds is 4. The molecule has 3 aromatic rings. The van der Waals surface area contributed by atoms with Crippen LogP contribution in [0.3, 0.4) is 0 Å². The third-order valence-electron chi connectivity index (χ3n) is 4.44. The molecule has 0 saturated heterocycles. The molecule has 5 nitrogen and oxygen atoms in total. The van der Waals surface area contributed by atoms with Crippen LogP contribution in [-0.2, 0) is 14.9 Å². The maximum absolute atomic E-state index is 13.0. The zero-order valence-corrected chi connectivity index (χ0v) is 18.1. The van der Waals surface area contributed by atoms with Crippen molar-refractivity contribution in [1.29, 1.82) is 0 Å². The van der Waals surface area contributed by atoms with Crippen LogP contribution in [0.15, 0.2) is 54.6 Å². The lowest BCUT2D eigenvalue weighted by Crippen LogP contribution is -2.38. The van der Waals surface area contributed by atoms with Gasteiger partial charge in [0.1, 0.15) is 5.75 Å². The Labute approximate surface area is 186 Å². The maximum atomic E-state index is 13.0. The molecule has 0 fully saturated rings. The van der Waals surface area contributed by atoms with Crippen molar-refractivity contribution in [2.24, 2.45) is 0 Å². The van der Waals surface area contributed by atoms with Gasteiger partial charge in [0.15, 0.2) is 10.5 Å². The minimum atomic E-state index is -5.07. The molecule has 3 rings (SSSR count). The molecule has 10 heteroatoms. The maximum Gasteiger partial charge on any atom is 0.283 e. The van der Waals surface area contributed by atoms with Gasteiger partial charge in [-0.25, -0.2) is 0 Å². The van der Waals surface area contributed by atoms with Crippen LogP contribution in [0.4, 0.5) is 0 Å².